The van der Waals surface area contributed by atoms with Crippen molar-refractivity contribution in [1.82, 2.24) is 15.1 Å². The molecule has 0 atom stereocenters. The van der Waals surface area contributed by atoms with Crippen molar-refractivity contribution in [3.05, 3.63) is 90.1 Å². The third-order valence-electron chi connectivity index (χ3n) is 4.37. The lowest BCUT2D eigenvalue weighted by Crippen LogP contribution is -2.14. The van der Waals surface area contributed by atoms with Crippen LogP contribution in [0.2, 0.25) is 0 Å². The lowest BCUT2D eigenvalue weighted by molar-refractivity contribution is 0.102. The molecule has 0 aliphatic rings. The fourth-order valence-corrected chi connectivity index (χ4v) is 2.93. The van der Waals surface area contributed by atoms with Crippen LogP contribution < -0.4 is 10.1 Å². The topological polar surface area (TPSA) is 90.1 Å². The van der Waals surface area contributed by atoms with Crippen LogP contribution in [-0.2, 0) is 6.42 Å². The highest BCUT2D eigenvalue weighted by Gasteiger charge is 2.15. The van der Waals surface area contributed by atoms with Gasteiger partial charge in [0.15, 0.2) is 0 Å². The molecule has 0 bridgehead atoms. The number of pyridine rings is 1. The first-order chi connectivity index (χ1) is 14.2. The largest absolute Gasteiger partial charge is 0.496 e. The van der Waals surface area contributed by atoms with Crippen molar-refractivity contribution < 1.29 is 14.1 Å². The van der Waals surface area contributed by atoms with Crippen molar-refractivity contribution in [2.45, 2.75) is 6.42 Å². The van der Waals surface area contributed by atoms with E-state index in [-0.39, 0.29) is 5.91 Å². The van der Waals surface area contributed by atoms with Gasteiger partial charge in [-0.15, -0.1) is 0 Å². The molecule has 1 amide bonds. The van der Waals surface area contributed by atoms with Crippen LogP contribution in [0.15, 0.2) is 77.6 Å². The Hall–Kier alpha value is -4.00. The van der Waals surface area contributed by atoms with E-state index in [9.17, 15) is 4.79 Å². The Morgan fingerprint density at radius 2 is 1.79 bits per heavy atom. The minimum absolute atomic E-state index is 0.252. The molecule has 0 unspecified atom stereocenters. The number of rotatable bonds is 6. The predicted octanol–water partition coefficient (Wildman–Crippen LogP) is 3.98. The smallest absolute Gasteiger partial charge is 0.259 e. The zero-order chi connectivity index (χ0) is 20.1. The number of ether oxygens (including phenoxy) is 1. The first kappa shape index (κ1) is 18.4. The van der Waals surface area contributed by atoms with E-state index in [1.165, 1.54) is 7.11 Å². The highest BCUT2D eigenvalue weighted by molar-refractivity contribution is 6.06. The van der Waals surface area contributed by atoms with Gasteiger partial charge in [-0.25, -0.2) is 0 Å². The summed E-state index contributed by atoms with van der Waals surface area (Å²) >= 11 is 0. The Balaban J connectivity index is 1.55. The number of amides is 1. The van der Waals surface area contributed by atoms with E-state index in [0.29, 0.717) is 35.1 Å². The van der Waals surface area contributed by atoms with Crippen LogP contribution in [0, 0.1) is 0 Å². The van der Waals surface area contributed by atoms with Gasteiger partial charge in [-0.2, -0.15) is 4.98 Å². The number of methoxy groups -OCH3 is 1. The zero-order valence-electron chi connectivity index (χ0n) is 15.7. The van der Waals surface area contributed by atoms with Gasteiger partial charge in [0.1, 0.15) is 5.75 Å². The molecule has 7 heteroatoms. The summed E-state index contributed by atoms with van der Waals surface area (Å²) in [6, 6.07) is 18.2. The molecule has 0 fully saturated rings. The Bertz CT molecular complexity index is 1130. The lowest BCUT2D eigenvalue weighted by Gasteiger charge is -2.12. The van der Waals surface area contributed by atoms with Crippen molar-refractivity contribution in [3.63, 3.8) is 0 Å². The molecule has 144 valence electrons. The molecular weight excluding hydrogens is 368 g/mol. The fourth-order valence-electron chi connectivity index (χ4n) is 2.93. The average molecular weight is 386 g/mol. The van der Waals surface area contributed by atoms with Gasteiger partial charge in [-0.3, -0.25) is 9.78 Å². The second-order valence-electron chi connectivity index (χ2n) is 6.24. The Morgan fingerprint density at radius 1 is 1.03 bits per heavy atom. The van der Waals surface area contributed by atoms with Gasteiger partial charge in [-0.05, 0) is 35.9 Å². The number of carbonyl (C=O) groups excluding carboxylic acids is 1. The number of para-hydroxylation sites is 2. The maximum absolute atomic E-state index is 12.7. The third kappa shape index (κ3) is 4.14. The molecule has 0 aliphatic carbocycles. The molecule has 0 radical (unpaired) electrons. The summed E-state index contributed by atoms with van der Waals surface area (Å²) in [6.07, 6.45) is 3.74. The quantitative estimate of drug-likeness (QED) is 0.539. The van der Waals surface area contributed by atoms with Gasteiger partial charge in [-0.1, -0.05) is 35.5 Å². The molecule has 2 aromatic carbocycles. The summed E-state index contributed by atoms with van der Waals surface area (Å²) in [5.74, 6) is 1.22. The van der Waals surface area contributed by atoms with E-state index in [1.807, 2.05) is 42.5 Å². The van der Waals surface area contributed by atoms with Gasteiger partial charge >= 0.3 is 0 Å². The van der Waals surface area contributed by atoms with Gasteiger partial charge in [0.2, 0.25) is 11.7 Å². The van der Waals surface area contributed by atoms with E-state index in [4.69, 9.17) is 9.26 Å². The van der Waals surface area contributed by atoms with Crippen molar-refractivity contribution in [2.24, 2.45) is 0 Å². The molecule has 4 aromatic rings. The highest BCUT2D eigenvalue weighted by atomic mass is 16.5. The molecule has 2 aromatic heterocycles. The van der Waals surface area contributed by atoms with E-state index < -0.39 is 0 Å². The summed E-state index contributed by atoms with van der Waals surface area (Å²) in [5.41, 5.74) is 2.82. The highest BCUT2D eigenvalue weighted by Crippen LogP contribution is 2.23. The van der Waals surface area contributed by atoms with Crippen molar-refractivity contribution >= 4 is 11.6 Å². The van der Waals surface area contributed by atoms with Crippen LogP contribution in [0.1, 0.15) is 21.8 Å². The van der Waals surface area contributed by atoms with Crippen LogP contribution in [0.5, 0.6) is 5.75 Å². The van der Waals surface area contributed by atoms with E-state index in [0.717, 1.165) is 11.1 Å². The summed E-state index contributed by atoms with van der Waals surface area (Å²) in [5, 5.41) is 6.97. The van der Waals surface area contributed by atoms with Crippen molar-refractivity contribution in [2.75, 3.05) is 12.4 Å². The second kappa shape index (κ2) is 8.35. The molecule has 7 nitrogen and oxygen atoms in total. The average Bonchev–Trinajstić information content (AvgIpc) is 3.24. The minimum Gasteiger partial charge on any atom is -0.496 e. The van der Waals surface area contributed by atoms with Crippen LogP contribution in [0.25, 0.3) is 11.4 Å². The fraction of sp³-hybridized carbons (Fsp3) is 0.0909. The number of hydrogen-bond acceptors (Lipinski definition) is 6. The second-order valence-corrected chi connectivity index (χ2v) is 6.24. The van der Waals surface area contributed by atoms with Gasteiger partial charge in [0.25, 0.3) is 5.91 Å². The standard InChI is InChI=1S/C22H18N4O3/c1-28-19-9-5-3-7-17(19)22(27)24-18-8-4-2-6-16(18)14-20-25-21(26-29-20)15-10-12-23-13-11-15/h2-13H,14H2,1H3,(H,24,27). The molecule has 2 heterocycles. The number of benzene rings is 2. The normalized spacial score (nSPS) is 10.5. The van der Waals surface area contributed by atoms with Crippen LogP contribution in [0.4, 0.5) is 5.69 Å². The summed E-state index contributed by atoms with van der Waals surface area (Å²) < 4.78 is 10.7. The van der Waals surface area contributed by atoms with Crippen LogP contribution in [-0.4, -0.2) is 28.1 Å². The Morgan fingerprint density at radius 3 is 2.62 bits per heavy atom. The Kier molecular flexibility index (Phi) is 5.29. The number of nitrogens with zero attached hydrogens (tertiary/aromatic N) is 3. The van der Waals surface area contributed by atoms with Crippen LogP contribution >= 0.6 is 0 Å². The predicted molar refractivity (Wildman–Crippen MR) is 108 cm³/mol. The van der Waals surface area contributed by atoms with Crippen LogP contribution in [0.3, 0.4) is 0 Å². The molecular formula is C22H18N4O3. The summed E-state index contributed by atoms with van der Waals surface area (Å²) in [6.45, 7) is 0. The molecule has 1 N–H and O–H groups in total. The van der Waals surface area contributed by atoms with Crippen molar-refractivity contribution in [1.29, 1.82) is 0 Å². The molecule has 0 saturated heterocycles. The van der Waals surface area contributed by atoms with Gasteiger partial charge in [0, 0.05) is 23.6 Å². The van der Waals surface area contributed by atoms with Crippen molar-refractivity contribution in [3.8, 4) is 17.1 Å². The van der Waals surface area contributed by atoms with E-state index in [2.05, 4.69) is 20.4 Å². The molecule has 0 aliphatic heterocycles. The first-order valence-corrected chi connectivity index (χ1v) is 9.00. The van der Waals surface area contributed by atoms with E-state index in [1.54, 1.807) is 30.6 Å². The number of anilines is 1. The lowest BCUT2D eigenvalue weighted by atomic mass is 10.1. The molecule has 0 spiro atoms. The monoisotopic (exact) mass is 386 g/mol. The van der Waals surface area contributed by atoms with E-state index >= 15 is 0 Å². The molecule has 4 rings (SSSR count). The zero-order valence-corrected chi connectivity index (χ0v) is 15.7. The van der Waals surface area contributed by atoms with Gasteiger partial charge in [0.05, 0.1) is 19.1 Å². The summed E-state index contributed by atoms with van der Waals surface area (Å²) in [7, 11) is 1.54. The SMILES string of the molecule is COc1ccccc1C(=O)Nc1ccccc1Cc1nc(-c2ccncc2)no1. The molecule has 0 saturated carbocycles. The minimum atomic E-state index is -0.252. The molecule has 29 heavy (non-hydrogen) atoms. The third-order valence-corrected chi connectivity index (χ3v) is 4.37. The Labute approximate surface area is 167 Å². The maximum atomic E-state index is 12.7. The van der Waals surface area contributed by atoms with Gasteiger partial charge < -0.3 is 14.6 Å². The number of aromatic nitrogens is 3. The summed E-state index contributed by atoms with van der Waals surface area (Å²) in [4.78, 5) is 21.2. The number of carbonyl (C=O) groups is 1. The maximum Gasteiger partial charge on any atom is 0.259 e. The number of nitrogens with one attached hydrogen (secondary N) is 1. The number of hydrogen-bond donors (Lipinski definition) is 1. The first-order valence-electron chi connectivity index (χ1n) is 9.00.